The van der Waals surface area contributed by atoms with Gasteiger partial charge in [0.25, 0.3) is 0 Å². The molecule has 0 heterocycles. The van der Waals surface area contributed by atoms with Crippen LogP contribution in [0.2, 0.25) is 0 Å². The molecule has 2 aliphatic carbocycles. The summed E-state index contributed by atoms with van der Waals surface area (Å²) in [6.45, 7) is 0. The minimum Gasteiger partial charge on any atom is -0.162 e. The first kappa shape index (κ1) is 11.8. The fourth-order valence-corrected chi connectivity index (χ4v) is 5.60. The molecule has 4 atom stereocenters. The molecule has 2 aliphatic rings. The molecule has 2 bridgehead atoms. The molecule has 1 heteroatoms. The molecule has 0 aromatic heterocycles. The Bertz CT molecular complexity index is 598. The first-order valence-electron chi connectivity index (χ1n) is 7.37. The molecule has 0 unspecified atom stereocenters. The molecule has 0 aliphatic heterocycles. The third-order valence-corrected chi connectivity index (χ3v) is 6.43. The summed E-state index contributed by atoms with van der Waals surface area (Å²) < 4.78 is 0. The summed E-state index contributed by atoms with van der Waals surface area (Å²) >= 11 is 2.10. The number of hydrogen-bond donors (Lipinski definition) is 0. The van der Waals surface area contributed by atoms with Gasteiger partial charge in [0.15, 0.2) is 0 Å². The van der Waals surface area contributed by atoms with Crippen LogP contribution in [-0.4, -0.2) is 11.5 Å². The molecule has 0 saturated heterocycles. The van der Waals surface area contributed by atoms with Crippen LogP contribution >= 0.6 is 11.8 Å². The fraction of sp³-hybridized carbons (Fsp3) is 0.444. The van der Waals surface area contributed by atoms with E-state index in [0.717, 1.165) is 23.0 Å². The molecular formula is C18H20S. The van der Waals surface area contributed by atoms with Crippen molar-refractivity contribution in [3.63, 3.8) is 0 Å². The van der Waals surface area contributed by atoms with Gasteiger partial charge >= 0.3 is 0 Å². The third-order valence-electron chi connectivity index (χ3n) is 5.28. The second-order valence-corrected chi connectivity index (χ2v) is 7.26. The lowest BCUT2D eigenvalue weighted by molar-refractivity contribution is 0.433. The lowest BCUT2D eigenvalue weighted by Crippen LogP contribution is -2.20. The predicted molar refractivity (Wildman–Crippen MR) is 84.8 cm³/mol. The molecule has 0 N–H and O–H groups in total. The van der Waals surface area contributed by atoms with Crippen LogP contribution in [-0.2, 0) is 0 Å². The standard InChI is InChI=1S/C18H20S/c1-19-18-11-12-9-16(17(18)10-12)15-8-4-6-13-5-2-3-7-14(13)15/h2-8,12,16-18H,9-11H2,1H3/t12-,16-,17-,18-/m1/s1. The second-order valence-electron chi connectivity index (χ2n) is 6.19. The molecule has 19 heavy (non-hydrogen) atoms. The van der Waals surface area contributed by atoms with Crippen LogP contribution in [0.4, 0.5) is 0 Å². The number of hydrogen-bond acceptors (Lipinski definition) is 1. The van der Waals surface area contributed by atoms with Crippen molar-refractivity contribution in [2.75, 3.05) is 6.26 Å². The zero-order valence-electron chi connectivity index (χ0n) is 11.4. The van der Waals surface area contributed by atoms with Crippen LogP contribution < -0.4 is 0 Å². The molecule has 98 valence electrons. The maximum atomic E-state index is 2.38. The minimum atomic E-state index is 0.808. The van der Waals surface area contributed by atoms with E-state index in [2.05, 4.69) is 60.5 Å². The van der Waals surface area contributed by atoms with Gasteiger partial charge in [0.1, 0.15) is 0 Å². The molecule has 2 aromatic carbocycles. The Morgan fingerprint density at radius 1 is 0.947 bits per heavy atom. The molecule has 2 saturated carbocycles. The predicted octanol–water partition coefficient (Wildman–Crippen LogP) is 5.08. The maximum absolute atomic E-state index is 2.38. The molecule has 4 rings (SSSR count). The summed E-state index contributed by atoms with van der Waals surface area (Å²) in [7, 11) is 0. The van der Waals surface area contributed by atoms with E-state index in [4.69, 9.17) is 0 Å². The number of rotatable bonds is 2. The number of fused-ring (bicyclic) bond motifs is 3. The van der Waals surface area contributed by atoms with E-state index in [1.54, 1.807) is 5.56 Å². The largest absolute Gasteiger partial charge is 0.162 e. The maximum Gasteiger partial charge on any atom is 0.00811 e. The van der Waals surface area contributed by atoms with E-state index in [-0.39, 0.29) is 0 Å². The summed E-state index contributed by atoms with van der Waals surface area (Å²) in [6.07, 6.45) is 6.66. The van der Waals surface area contributed by atoms with Crippen LogP contribution in [0.5, 0.6) is 0 Å². The van der Waals surface area contributed by atoms with Crippen molar-refractivity contribution in [2.45, 2.75) is 30.4 Å². The van der Waals surface area contributed by atoms with Crippen LogP contribution in [0.3, 0.4) is 0 Å². The van der Waals surface area contributed by atoms with Gasteiger partial charge in [0.2, 0.25) is 0 Å². The SMILES string of the molecule is CS[C@@H]1C[C@H]2C[C@@H]1[C@@H](c1cccc3ccccc13)C2. The van der Waals surface area contributed by atoms with Crippen LogP contribution in [0.25, 0.3) is 10.8 Å². The minimum absolute atomic E-state index is 0.808. The smallest absolute Gasteiger partial charge is 0.00811 e. The Morgan fingerprint density at radius 2 is 1.79 bits per heavy atom. The molecule has 2 fully saturated rings. The van der Waals surface area contributed by atoms with Gasteiger partial charge in [-0.3, -0.25) is 0 Å². The van der Waals surface area contributed by atoms with E-state index in [9.17, 15) is 0 Å². The Kier molecular flexibility index (Phi) is 2.84. The fourth-order valence-electron chi connectivity index (χ4n) is 4.49. The van der Waals surface area contributed by atoms with Gasteiger partial charge in [-0.05, 0) is 59.6 Å². The van der Waals surface area contributed by atoms with Crippen molar-refractivity contribution in [3.05, 3.63) is 48.0 Å². The average Bonchev–Trinajstić information content (AvgIpc) is 3.06. The topological polar surface area (TPSA) is 0 Å². The quantitative estimate of drug-likeness (QED) is 0.731. The van der Waals surface area contributed by atoms with Crippen molar-refractivity contribution in [1.29, 1.82) is 0 Å². The second kappa shape index (κ2) is 4.56. The summed E-state index contributed by atoms with van der Waals surface area (Å²) in [5.41, 5.74) is 1.62. The van der Waals surface area contributed by atoms with Gasteiger partial charge in [0, 0.05) is 5.25 Å². The van der Waals surface area contributed by atoms with Gasteiger partial charge in [0.05, 0.1) is 0 Å². The van der Waals surface area contributed by atoms with E-state index < -0.39 is 0 Å². The molecule has 0 nitrogen and oxygen atoms in total. The summed E-state index contributed by atoms with van der Waals surface area (Å²) in [6, 6.07) is 15.8. The summed E-state index contributed by atoms with van der Waals surface area (Å²) in [5, 5.41) is 3.80. The highest BCUT2D eigenvalue weighted by atomic mass is 32.2. The first-order valence-corrected chi connectivity index (χ1v) is 8.66. The Labute approximate surface area is 119 Å². The van der Waals surface area contributed by atoms with Crippen LogP contribution in [0.15, 0.2) is 42.5 Å². The summed E-state index contributed by atoms with van der Waals surface area (Å²) in [4.78, 5) is 0. The molecule has 0 spiro atoms. The summed E-state index contributed by atoms with van der Waals surface area (Å²) in [5.74, 6) is 2.72. The lowest BCUT2D eigenvalue weighted by atomic mass is 9.81. The van der Waals surface area contributed by atoms with Gasteiger partial charge in [-0.1, -0.05) is 42.5 Å². The van der Waals surface area contributed by atoms with Gasteiger partial charge < -0.3 is 0 Å². The van der Waals surface area contributed by atoms with Crippen molar-refractivity contribution in [3.8, 4) is 0 Å². The van der Waals surface area contributed by atoms with Gasteiger partial charge in [-0.25, -0.2) is 0 Å². The molecule has 2 aromatic rings. The highest BCUT2D eigenvalue weighted by Crippen LogP contribution is 2.56. The van der Waals surface area contributed by atoms with E-state index in [0.29, 0.717) is 0 Å². The molecular weight excluding hydrogens is 248 g/mol. The van der Waals surface area contributed by atoms with Crippen LogP contribution in [0, 0.1) is 11.8 Å². The zero-order valence-corrected chi connectivity index (χ0v) is 12.2. The van der Waals surface area contributed by atoms with Crippen molar-refractivity contribution in [1.82, 2.24) is 0 Å². The van der Waals surface area contributed by atoms with Crippen molar-refractivity contribution < 1.29 is 0 Å². The lowest BCUT2D eigenvalue weighted by Gasteiger charge is -2.29. The van der Waals surface area contributed by atoms with Crippen LogP contribution in [0.1, 0.15) is 30.7 Å². The van der Waals surface area contributed by atoms with Crippen molar-refractivity contribution in [2.24, 2.45) is 11.8 Å². The number of benzene rings is 2. The molecule has 0 radical (unpaired) electrons. The Hall–Kier alpha value is -0.950. The van der Waals surface area contributed by atoms with E-state index >= 15 is 0 Å². The van der Waals surface area contributed by atoms with Crippen molar-refractivity contribution >= 4 is 22.5 Å². The van der Waals surface area contributed by atoms with Gasteiger partial charge in [-0.2, -0.15) is 11.8 Å². The van der Waals surface area contributed by atoms with Gasteiger partial charge in [-0.15, -0.1) is 0 Å². The molecule has 0 amide bonds. The highest BCUT2D eigenvalue weighted by molar-refractivity contribution is 7.99. The monoisotopic (exact) mass is 268 g/mol. The Morgan fingerprint density at radius 3 is 2.63 bits per heavy atom. The van der Waals surface area contributed by atoms with E-state index in [1.165, 1.54) is 30.0 Å². The Balaban J connectivity index is 1.79. The average molecular weight is 268 g/mol. The number of thioether (sulfide) groups is 1. The zero-order chi connectivity index (χ0) is 12.8. The first-order chi connectivity index (χ1) is 9.36. The highest BCUT2D eigenvalue weighted by Gasteiger charge is 2.46. The van der Waals surface area contributed by atoms with E-state index in [1.807, 2.05) is 0 Å². The normalized spacial score (nSPS) is 33.1. The third kappa shape index (κ3) is 1.82.